The highest BCUT2D eigenvalue weighted by molar-refractivity contribution is 6.09. The minimum atomic E-state index is -0.428. The van der Waals surface area contributed by atoms with Crippen molar-refractivity contribution >= 4 is 28.9 Å². The predicted molar refractivity (Wildman–Crippen MR) is 155 cm³/mol. The summed E-state index contributed by atoms with van der Waals surface area (Å²) in [5.41, 5.74) is 9.07. The average molecular weight is 522 g/mol. The Morgan fingerprint density at radius 1 is 0.700 bits per heavy atom. The zero-order valence-corrected chi connectivity index (χ0v) is 22.1. The topological polar surface area (TPSA) is 54.7 Å². The summed E-state index contributed by atoms with van der Waals surface area (Å²) in [7, 11) is 0. The van der Waals surface area contributed by atoms with Crippen LogP contribution in [0.4, 0.5) is 0 Å². The second kappa shape index (κ2) is 8.62. The number of rotatable bonds is 4. The number of hydrogen-bond donors (Lipinski definition) is 0. The molecule has 1 aliphatic heterocycles. The van der Waals surface area contributed by atoms with Gasteiger partial charge < -0.3 is 4.57 Å². The average Bonchev–Trinajstić information content (AvgIpc) is 3.47. The fourth-order valence-corrected chi connectivity index (χ4v) is 7.29. The van der Waals surface area contributed by atoms with Crippen LogP contribution in [0, 0.1) is 18.8 Å². The zero-order valence-electron chi connectivity index (χ0n) is 22.1. The van der Waals surface area contributed by atoms with E-state index in [4.69, 9.17) is 0 Å². The largest absolute Gasteiger partial charge is 0.342 e. The summed E-state index contributed by atoms with van der Waals surface area (Å²) in [6, 6.07) is 33.3. The van der Waals surface area contributed by atoms with Gasteiger partial charge in [-0.2, -0.15) is 10.1 Å². The molecule has 2 atom stereocenters. The smallest absolute Gasteiger partial charge is 0.254 e. The van der Waals surface area contributed by atoms with E-state index in [-0.39, 0.29) is 23.7 Å². The first kappa shape index (κ1) is 23.1. The number of benzene rings is 4. The van der Waals surface area contributed by atoms with Gasteiger partial charge >= 0.3 is 0 Å². The maximum atomic E-state index is 13.9. The van der Waals surface area contributed by atoms with Crippen LogP contribution in [0.2, 0.25) is 0 Å². The van der Waals surface area contributed by atoms with Crippen LogP contribution >= 0.6 is 0 Å². The Morgan fingerprint density at radius 3 is 1.80 bits per heavy atom. The Bertz CT molecular complexity index is 1750. The quantitative estimate of drug-likeness (QED) is 0.208. The molecule has 1 fully saturated rings. The minimum absolute atomic E-state index is 0.129. The highest BCUT2D eigenvalue weighted by Gasteiger charge is 2.61. The number of hydrazone groups is 1. The van der Waals surface area contributed by atoms with Crippen molar-refractivity contribution in [1.29, 1.82) is 0 Å². The molecule has 5 nitrogen and oxygen atoms in total. The van der Waals surface area contributed by atoms with E-state index in [1.54, 1.807) is 6.21 Å². The van der Waals surface area contributed by atoms with Gasteiger partial charge in [-0.3, -0.25) is 9.59 Å². The lowest BCUT2D eigenvalue weighted by Gasteiger charge is -2.45. The number of imide groups is 1. The van der Waals surface area contributed by atoms with E-state index in [1.807, 2.05) is 36.4 Å². The summed E-state index contributed by atoms with van der Waals surface area (Å²) < 4.78 is 2.20. The molecule has 4 aromatic carbocycles. The Hall–Kier alpha value is -4.77. The van der Waals surface area contributed by atoms with Gasteiger partial charge in [-0.05, 0) is 40.8 Å². The number of hydrogen-bond acceptors (Lipinski definition) is 3. The molecule has 9 rings (SSSR count). The van der Waals surface area contributed by atoms with Gasteiger partial charge in [-0.15, -0.1) is 0 Å². The summed E-state index contributed by atoms with van der Waals surface area (Å²) in [4.78, 5) is 27.8. The first-order valence-corrected chi connectivity index (χ1v) is 13.8. The predicted octanol–water partition coefficient (Wildman–Crippen LogP) is 6.22. The molecule has 0 unspecified atom stereocenters. The van der Waals surface area contributed by atoms with E-state index in [0.29, 0.717) is 0 Å². The molecule has 1 saturated heterocycles. The second-order valence-electron chi connectivity index (χ2n) is 11.2. The molecule has 2 heterocycles. The number of carbonyl (C=O) groups excluding carboxylic acids is 2. The molecule has 1 aromatic heterocycles. The van der Waals surface area contributed by atoms with Crippen molar-refractivity contribution in [3.05, 3.63) is 142 Å². The zero-order chi connectivity index (χ0) is 27.0. The van der Waals surface area contributed by atoms with Crippen molar-refractivity contribution in [2.45, 2.75) is 25.3 Å². The normalized spacial score (nSPS) is 22.7. The number of aryl methyl sites for hydroxylation is 1. The summed E-state index contributed by atoms with van der Waals surface area (Å²) in [5, 5.41) is 6.77. The molecule has 194 valence electrons. The van der Waals surface area contributed by atoms with Crippen LogP contribution in [0.5, 0.6) is 0 Å². The molecule has 40 heavy (non-hydrogen) atoms. The first-order chi connectivity index (χ1) is 19.6. The van der Waals surface area contributed by atoms with Gasteiger partial charge in [0.15, 0.2) is 0 Å². The van der Waals surface area contributed by atoms with Gasteiger partial charge in [0, 0.05) is 41.0 Å². The van der Waals surface area contributed by atoms with Crippen LogP contribution in [0.1, 0.15) is 50.8 Å². The Labute approximate surface area is 232 Å². The maximum absolute atomic E-state index is 13.9. The van der Waals surface area contributed by atoms with Gasteiger partial charge in [-0.25, -0.2) is 0 Å². The lowest BCUT2D eigenvalue weighted by molar-refractivity contribution is -0.139. The lowest BCUT2D eigenvalue weighted by atomic mass is 9.55. The van der Waals surface area contributed by atoms with Gasteiger partial charge in [-0.1, -0.05) is 96.6 Å². The van der Waals surface area contributed by atoms with Crippen LogP contribution in [0.3, 0.4) is 0 Å². The van der Waals surface area contributed by atoms with Gasteiger partial charge in [0.25, 0.3) is 11.8 Å². The third kappa shape index (κ3) is 3.24. The fourth-order valence-electron chi connectivity index (χ4n) is 7.29. The van der Waals surface area contributed by atoms with Gasteiger partial charge in [0.2, 0.25) is 0 Å². The van der Waals surface area contributed by atoms with E-state index < -0.39 is 11.8 Å². The molecule has 2 bridgehead atoms. The summed E-state index contributed by atoms with van der Waals surface area (Å²) >= 11 is 0. The van der Waals surface area contributed by atoms with E-state index >= 15 is 0 Å². The molecule has 0 spiro atoms. The number of aromatic nitrogens is 1. The number of para-hydroxylation sites is 1. The van der Waals surface area contributed by atoms with E-state index in [1.165, 1.54) is 33.4 Å². The number of fused-ring (bicyclic) bond motifs is 1. The standard InChI is InChI=1S/C35H27N3O2/c1-21-14-16-22(17-15-21)19-37-20-23(24-8-6-7-13-29(24)37)18-36-38-34(39)32-30-25-9-2-3-10-26(25)31(33(32)35(38)40)28-12-5-4-11-27(28)30/h2-18,20,30-33H,19H2,1H3/b36-18-/t30?,31?,32-,33+. The fraction of sp³-hybridized carbons (Fsp3) is 0.171. The lowest BCUT2D eigenvalue weighted by Crippen LogP contribution is -2.41. The molecular weight excluding hydrogens is 494 g/mol. The first-order valence-electron chi connectivity index (χ1n) is 13.8. The van der Waals surface area contributed by atoms with E-state index in [0.717, 1.165) is 28.0 Å². The highest BCUT2D eigenvalue weighted by atomic mass is 16.2. The Kier molecular flexibility index (Phi) is 4.99. The molecule has 3 aliphatic carbocycles. The monoisotopic (exact) mass is 521 g/mol. The molecule has 0 N–H and O–H groups in total. The molecule has 4 aliphatic rings. The molecule has 5 heteroatoms. The molecule has 5 aromatic rings. The number of amides is 2. The molecule has 0 radical (unpaired) electrons. The van der Waals surface area contributed by atoms with Crippen molar-refractivity contribution in [3.8, 4) is 0 Å². The highest BCUT2D eigenvalue weighted by Crippen LogP contribution is 2.60. The van der Waals surface area contributed by atoms with Crippen LogP contribution in [0.15, 0.2) is 108 Å². The summed E-state index contributed by atoms with van der Waals surface area (Å²) in [5.74, 6) is -1.52. The van der Waals surface area contributed by atoms with Crippen LogP contribution in [-0.4, -0.2) is 27.6 Å². The van der Waals surface area contributed by atoms with Crippen molar-refractivity contribution in [1.82, 2.24) is 9.58 Å². The maximum Gasteiger partial charge on any atom is 0.254 e. The van der Waals surface area contributed by atoms with E-state index in [2.05, 4.69) is 83.5 Å². The van der Waals surface area contributed by atoms with Crippen LogP contribution in [-0.2, 0) is 16.1 Å². The Balaban J connectivity index is 1.16. The second-order valence-corrected chi connectivity index (χ2v) is 11.2. The molecule has 2 amide bonds. The number of nitrogens with zero attached hydrogens (tertiary/aromatic N) is 3. The minimum Gasteiger partial charge on any atom is -0.342 e. The van der Waals surface area contributed by atoms with Crippen molar-refractivity contribution in [3.63, 3.8) is 0 Å². The van der Waals surface area contributed by atoms with Crippen LogP contribution < -0.4 is 0 Å². The third-order valence-electron chi connectivity index (χ3n) is 9.03. The van der Waals surface area contributed by atoms with Crippen molar-refractivity contribution in [2.24, 2.45) is 16.9 Å². The molecule has 0 saturated carbocycles. The van der Waals surface area contributed by atoms with Gasteiger partial charge in [0.1, 0.15) is 0 Å². The summed E-state index contributed by atoms with van der Waals surface area (Å²) in [6.45, 7) is 2.81. The van der Waals surface area contributed by atoms with Crippen molar-refractivity contribution < 1.29 is 9.59 Å². The van der Waals surface area contributed by atoms with E-state index in [9.17, 15) is 9.59 Å². The SMILES string of the molecule is Cc1ccc(Cn2cc(/C=N\N3C(=O)[C@@H]4C5c6ccccc6C(c6ccccc65)[C@@H]4C3=O)c3ccccc32)cc1. The Morgan fingerprint density at radius 2 is 1.23 bits per heavy atom. The van der Waals surface area contributed by atoms with Crippen molar-refractivity contribution in [2.75, 3.05) is 0 Å². The third-order valence-corrected chi connectivity index (χ3v) is 9.03. The molecular formula is C35H27N3O2. The van der Waals surface area contributed by atoms with Gasteiger partial charge in [0.05, 0.1) is 18.1 Å². The summed E-state index contributed by atoms with van der Waals surface area (Å²) in [6.07, 6.45) is 3.74. The van der Waals surface area contributed by atoms with Crippen LogP contribution in [0.25, 0.3) is 10.9 Å². The number of carbonyl (C=O) groups is 2.